The van der Waals surface area contributed by atoms with Crippen LogP contribution in [0.4, 0.5) is 5.82 Å². The fourth-order valence-electron chi connectivity index (χ4n) is 2.06. The van der Waals surface area contributed by atoms with E-state index in [-0.39, 0.29) is 21.8 Å². The van der Waals surface area contributed by atoms with E-state index in [9.17, 15) is 13.2 Å². The number of nitriles is 1. The first-order valence-electron chi connectivity index (χ1n) is 6.61. The number of carboxylic acid groups (broad SMARTS) is 1. The number of aromatic nitrogens is 2. The Morgan fingerprint density at radius 3 is 2.74 bits per heavy atom. The number of aromatic carboxylic acids is 1. The van der Waals surface area contributed by atoms with Crippen molar-refractivity contribution in [3.05, 3.63) is 41.1 Å². The van der Waals surface area contributed by atoms with Crippen molar-refractivity contribution in [2.75, 3.05) is 4.72 Å². The molecule has 0 spiro atoms. The van der Waals surface area contributed by atoms with Crippen LogP contribution in [0.25, 0.3) is 0 Å². The number of rotatable bonds is 5. The first-order valence-corrected chi connectivity index (χ1v) is 8.09. The van der Waals surface area contributed by atoms with Gasteiger partial charge in [-0.1, -0.05) is 13.0 Å². The molecule has 0 amide bonds. The van der Waals surface area contributed by atoms with Crippen molar-refractivity contribution in [2.24, 2.45) is 7.05 Å². The lowest BCUT2D eigenvalue weighted by molar-refractivity contribution is 0.0696. The predicted molar refractivity (Wildman–Crippen MR) is 81.5 cm³/mol. The average molecular weight is 334 g/mol. The van der Waals surface area contributed by atoms with E-state index in [1.54, 1.807) is 14.0 Å². The van der Waals surface area contributed by atoms with Gasteiger partial charge in [-0.05, 0) is 24.1 Å². The van der Waals surface area contributed by atoms with Gasteiger partial charge in [-0.2, -0.15) is 10.4 Å². The fraction of sp³-hybridized carbons (Fsp3) is 0.214. The van der Waals surface area contributed by atoms with E-state index in [2.05, 4.69) is 9.82 Å². The Bertz CT molecular complexity index is 909. The molecule has 0 atom stereocenters. The van der Waals surface area contributed by atoms with Crippen LogP contribution in [0.1, 0.15) is 28.4 Å². The third-order valence-electron chi connectivity index (χ3n) is 3.16. The fourth-order valence-corrected chi connectivity index (χ4v) is 3.41. The van der Waals surface area contributed by atoms with E-state index in [0.717, 1.165) is 6.07 Å². The number of benzene rings is 1. The second kappa shape index (κ2) is 6.10. The number of carbonyl (C=O) groups is 1. The summed E-state index contributed by atoms with van der Waals surface area (Å²) in [7, 11) is -2.51. The van der Waals surface area contributed by atoms with Gasteiger partial charge in [-0.3, -0.25) is 9.40 Å². The van der Waals surface area contributed by atoms with Gasteiger partial charge in [0.1, 0.15) is 11.6 Å². The Labute approximate surface area is 133 Å². The lowest BCUT2D eigenvalue weighted by atomic mass is 10.1. The highest BCUT2D eigenvalue weighted by atomic mass is 32.2. The second-order valence-electron chi connectivity index (χ2n) is 4.76. The van der Waals surface area contributed by atoms with Crippen LogP contribution in [-0.2, 0) is 23.5 Å². The first-order chi connectivity index (χ1) is 10.8. The van der Waals surface area contributed by atoms with Crippen LogP contribution in [0.2, 0.25) is 0 Å². The van der Waals surface area contributed by atoms with Crippen LogP contribution < -0.4 is 4.72 Å². The van der Waals surface area contributed by atoms with Gasteiger partial charge in [-0.15, -0.1) is 0 Å². The minimum Gasteiger partial charge on any atom is -0.478 e. The molecule has 2 rings (SSSR count). The molecule has 0 fully saturated rings. The maximum absolute atomic E-state index is 12.6. The lowest BCUT2D eigenvalue weighted by Gasteiger charge is -2.11. The number of nitrogens with zero attached hydrogens (tertiary/aromatic N) is 3. The van der Waals surface area contributed by atoms with Gasteiger partial charge in [0, 0.05) is 13.2 Å². The van der Waals surface area contributed by atoms with Crippen LogP contribution >= 0.6 is 0 Å². The number of aryl methyl sites for hydroxylation is 2. The maximum Gasteiger partial charge on any atom is 0.335 e. The molecule has 0 saturated heterocycles. The van der Waals surface area contributed by atoms with Gasteiger partial charge in [0.25, 0.3) is 10.0 Å². The van der Waals surface area contributed by atoms with Crippen LogP contribution in [0.3, 0.4) is 0 Å². The van der Waals surface area contributed by atoms with Crippen molar-refractivity contribution in [3.8, 4) is 6.07 Å². The van der Waals surface area contributed by atoms with Crippen molar-refractivity contribution in [2.45, 2.75) is 18.2 Å². The molecule has 0 aliphatic carbocycles. The van der Waals surface area contributed by atoms with Crippen LogP contribution in [0.15, 0.2) is 29.3 Å². The van der Waals surface area contributed by atoms with E-state index in [4.69, 9.17) is 10.4 Å². The molecule has 0 aliphatic rings. The van der Waals surface area contributed by atoms with Gasteiger partial charge in [0.05, 0.1) is 10.5 Å². The van der Waals surface area contributed by atoms with Gasteiger partial charge < -0.3 is 5.11 Å². The molecule has 8 nitrogen and oxygen atoms in total. The Balaban J connectivity index is 2.53. The minimum absolute atomic E-state index is 0.0727. The molecule has 0 unspecified atom stereocenters. The first kappa shape index (κ1) is 16.5. The zero-order valence-corrected chi connectivity index (χ0v) is 13.3. The van der Waals surface area contributed by atoms with E-state index in [1.807, 2.05) is 6.07 Å². The third-order valence-corrected chi connectivity index (χ3v) is 4.59. The Morgan fingerprint density at radius 1 is 1.48 bits per heavy atom. The molecule has 1 aromatic carbocycles. The highest BCUT2D eigenvalue weighted by Crippen LogP contribution is 2.22. The summed E-state index contributed by atoms with van der Waals surface area (Å²) in [6.07, 6.45) is 1.79. The van der Waals surface area contributed by atoms with Crippen molar-refractivity contribution >= 4 is 21.8 Å². The molecule has 0 bridgehead atoms. The van der Waals surface area contributed by atoms with Gasteiger partial charge in [0.2, 0.25) is 0 Å². The second-order valence-corrected chi connectivity index (χ2v) is 6.41. The van der Waals surface area contributed by atoms with Crippen molar-refractivity contribution in [1.82, 2.24) is 9.78 Å². The monoisotopic (exact) mass is 334 g/mol. The maximum atomic E-state index is 12.6. The minimum atomic E-state index is -4.07. The topological polar surface area (TPSA) is 125 Å². The van der Waals surface area contributed by atoms with Crippen molar-refractivity contribution in [3.63, 3.8) is 0 Å². The number of hydrogen-bond donors (Lipinski definition) is 2. The highest BCUT2D eigenvalue weighted by molar-refractivity contribution is 7.92. The number of sulfonamides is 1. The number of hydrogen-bond acceptors (Lipinski definition) is 5. The van der Waals surface area contributed by atoms with E-state index >= 15 is 0 Å². The molecule has 1 heterocycles. The molecule has 2 N–H and O–H groups in total. The summed E-state index contributed by atoms with van der Waals surface area (Å²) in [5.41, 5.74) is 0.407. The smallest absolute Gasteiger partial charge is 0.335 e. The van der Waals surface area contributed by atoms with Crippen molar-refractivity contribution in [1.29, 1.82) is 5.26 Å². The number of nitrogens with one attached hydrogen (secondary N) is 1. The lowest BCUT2D eigenvalue weighted by Crippen LogP contribution is -2.17. The average Bonchev–Trinajstić information content (AvgIpc) is 2.85. The molecular weight excluding hydrogens is 320 g/mol. The van der Waals surface area contributed by atoms with E-state index in [1.165, 1.54) is 23.0 Å². The Kier molecular flexibility index (Phi) is 4.38. The SMILES string of the molecule is CCc1ccc(C(=O)O)cc1S(=O)(=O)Nc1nn(C)cc1C#N. The summed E-state index contributed by atoms with van der Waals surface area (Å²) in [5, 5.41) is 21.9. The van der Waals surface area contributed by atoms with Crippen LogP contribution in [-0.4, -0.2) is 29.3 Å². The molecule has 0 radical (unpaired) electrons. The molecule has 23 heavy (non-hydrogen) atoms. The summed E-state index contributed by atoms with van der Waals surface area (Å²) in [4.78, 5) is 10.9. The largest absolute Gasteiger partial charge is 0.478 e. The van der Waals surface area contributed by atoms with Crippen molar-refractivity contribution < 1.29 is 18.3 Å². The molecule has 0 saturated carbocycles. The molecular formula is C14H14N4O4S. The van der Waals surface area contributed by atoms with E-state index in [0.29, 0.717) is 12.0 Å². The standard InChI is InChI=1S/C14H14N4O4S/c1-3-9-4-5-10(14(19)20)6-12(9)23(21,22)17-13-11(7-15)8-18(2)16-13/h4-6,8H,3H2,1-2H3,(H,16,17)(H,19,20). The summed E-state index contributed by atoms with van der Waals surface area (Å²) in [6, 6.07) is 5.75. The Morgan fingerprint density at radius 2 is 2.17 bits per heavy atom. The zero-order chi connectivity index (χ0) is 17.2. The molecule has 1 aromatic heterocycles. The normalized spacial score (nSPS) is 11.0. The van der Waals surface area contributed by atoms with Gasteiger partial charge in [0.15, 0.2) is 5.82 Å². The summed E-state index contributed by atoms with van der Waals surface area (Å²) >= 11 is 0. The predicted octanol–water partition coefficient (Wildman–Crippen LogP) is 1.35. The third kappa shape index (κ3) is 3.32. The Hall–Kier alpha value is -2.86. The number of anilines is 1. The summed E-state index contributed by atoms with van der Waals surface area (Å²) in [5.74, 6) is -1.32. The highest BCUT2D eigenvalue weighted by Gasteiger charge is 2.22. The van der Waals surface area contributed by atoms with Crippen LogP contribution in [0.5, 0.6) is 0 Å². The van der Waals surface area contributed by atoms with Gasteiger partial charge >= 0.3 is 5.97 Å². The zero-order valence-electron chi connectivity index (χ0n) is 12.4. The quantitative estimate of drug-likeness (QED) is 0.850. The summed E-state index contributed by atoms with van der Waals surface area (Å²) < 4.78 is 28.7. The molecule has 0 aliphatic heterocycles. The van der Waals surface area contributed by atoms with Crippen LogP contribution in [0, 0.1) is 11.3 Å². The molecule has 2 aromatic rings. The number of carboxylic acids is 1. The van der Waals surface area contributed by atoms with E-state index < -0.39 is 16.0 Å². The van der Waals surface area contributed by atoms with Gasteiger partial charge in [-0.25, -0.2) is 13.2 Å². The molecule has 120 valence electrons. The summed E-state index contributed by atoms with van der Waals surface area (Å²) in [6.45, 7) is 1.76. The molecule has 9 heteroatoms.